The predicted octanol–water partition coefficient (Wildman–Crippen LogP) is 2.16. The monoisotopic (exact) mass is 164 g/mol. The van der Waals surface area contributed by atoms with Gasteiger partial charge in [0, 0.05) is 11.9 Å². The Balaban J connectivity index is 4.68. The minimum Gasteiger partial charge on any atom is -0.308 e. The second-order valence-electron chi connectivity index (χ2n) is 1.92. The van der Waals surface area contributed by atoms with Crippen molar-refractivity contribution in [2.24, 2.45) is 0 Å². The lowest BCUT2D eigenvalue weighted by Gasteiger charge is -2.04. The summed E-state index contributed by atoms with van der Waals surface area (Å²) in [5.74, 6) is 0. The molecule has 5 heteroatoms. The standard InChI is InChI=1S/C6H7F3N2/c1-4(11)2-5(3-10)6(7,8)9/h2-3,10-11H,1H3/b5-2+,10-3?,11-4?. The van der Waals surface area contributed by atoms with Crippen molar-refractivity contribution in [2.75, 3.05) is 0 Å². The van der Waals surface area contributed by atoms with Gasteiger partial charge in [-0.15, -0.1) is 0 Å². The zero-order valence-electron chi connectivity index (χ0n) is 5.79. The molecular formula is C6H7F3N2. The fourth-order valence-corrected chi connectivity index (χ4v) is 0.439. The van der Waals surface area contributed by atoms with Crippen LogP contribution in [0.4, 0.5) is 13.2 Å². The van der Waals surface area contributed by atoms with Crippen LogP contribution < -0.4 is 0 Å². The Hall–Kier alpha value is -1.13. The molecule has 0 aliphatic heterocycles. The number of hydrogen-bond donors (Lipinski definition) is 2. The van der Waals surface area contributed by atoms with Crippen LogP contribution in [-0.4, -0.2) is 18.1 Å². The van der Waals surface area contributed by atoms with E-state index in [1.807, 2.05) is 0 Å². The summed E-state index contributed by atoms with van der Waals surface area (Å²) in [6.07, 6.45) is -3.73. The van der Waals surface area contributed by atoms with Crippen molar-refractivity contribution in [3.05, 3.63) is 11.6 Å². The molecule has 0 rings (SSSR count). The molecule has 0 aromatic heterocycles. The third-order valence-electron chi connectivity index (χ3n) is 0.855. The van der Waals surface area contributed by atoms with Crippen LogP contribution in [0.2, 0.25) is 0 Å². The second-order valence-corrected chi connectivity index (χ2v) is 1.92. The van der Waals surface area contributed by atoms with E-state index < -0.39 is 11.7 Å². The number of halogens is 3. The number of rotatable bonds is 2. The molecule has 0 saturated heterocycles. The van der Waals surface area contributed by atoms with Crippen molar-refractivity contribution in [3.63, 3.8) is 0 Å². The summed E-state index contributed by atoms with van der Waals surface area (Å²) in [5.41, 5.74) is -1.33. The van der Waals surface area contributed by atoms with Crippen LogP contribution in [0.15, 0.2) is 11.6 Å². The average Bonchev–Trinajstić information content (AvgIpc) is 1.79. The van der Waals surface area contributed by atoms with E-state index in [9.17, 15) is 13.2 Å². The zero-order valence-corrected chi connectivity index (χ0v) is 5.79. The molecule has 0 aliphatic carbocycles. The highest BCUT2D eigenvalue weighted by Gasteiger charge is 2.31. The highest BCUT2D eigenvalue weighted by atomic mass is 19.4. The van der Waals surface area contributed by atoms with Gasteiger partial charge in [0.1, 0.15) is 0 Å². The van der Waals surface area contributed by atoms with E-state index in [1.165, 1.54) is 6.92 Å². The van der Waals surface area contributed by atoms with E-state index in [-0.39, 0.29) is 11.9 Å². The Morgan fingerprint density at radius 3 is 1.91 bits per heavy atom. The minimum absolute atomic E-state index is 0.192. The molecular weight excluding hydrogens is 157 g/mol. The SMILES string of the molecule is CC(=N)/C=C(\C=N)C(F)(F)F. The van der Waals surface area contributed by atoms with Crippen LogP contribution in [0.3, 0.4) is 0 Å². The van der Waals surface area contributed by atoms with Crippen LogP contribution in [0.1, 0.15) is 6.92 Å². The van der Waals surface area contributed by atoms with Gasteiger partial charge in [-0.25, -0.2) is 0 Å². The molecule has 0 atom stereocenters. The van der Waals surface area contributed by atoms with Gasteiger partial charge >= 0.3 is 6.18 Å². The van der Waals surface area contributed by atoms with Crippen molar-refractivity contribution in [1.82, 2.24) is 0 Å². The Morgan fingerprint density at radius 2 is 1.82 bits per heavy atom. The van der Waals surface area contributed by atoms with Gasteiger partial charge in [0.05, 0.1) is 5.57 Å². The summed E-state index contributed by atoms with van der Waals surface area (Å²) in [5, 5.41) is 13.1. The number of nitrogens with one attached hydrogen (secondary N) is 2. The first-order valence-corrected chi connectivity index (χ1v) is 2.72. The summed E-state index contributed by atoms with van der Waals surface area (Å²) in [7, 11) is 0. The molecule has 0 aromatic carbocycles. The van der Waals surface area contributed by atoms with Gasteiger partial charge in [-0.2, -0.15) is 13.2 Å². The molecule has 11 heavy (non-hydrogen) atoms. The Labute approximate surface area is 61.7 Å². The molecule has 0 radical (unpaired) electrons. The van der Waals surface area contributed by atoms with E-state index in [2.05, 4.69) is 0 Å². The van der Waals surface area contributed by atoms with Crippen molar-refractivity contribution in [1.29, 1.82) is 10.8 Å². The fraction of sp³-hybridized carbons (Fsp3) is 0.333. The summed E-state index contributed by atoms with van der Waals surface area (Å²) >= 11 is 0. The van der Waals surface area contributed by atoms with E-state index >= 15 is 0 Å². The molecule has 0 spiro atoms. The van der Waals surface area contributed by atoms with Crippen LogP contribution >= 0.6 is 0 Å². The van der Waals surface area contributed by atoms with Crippen LogP contribution in [0, 0.1) is 10.8 Å². The summed E-state index contributed by atoms with van der Waals surface area (Å²) in [6.45, 7) is 1.22. The van der Waals surface area contributed by atoms with Gasteiger partial charge in [-0.1, -0.05) is 0 Å². The minimum atomic E-state index is -4.52. The molecule has 0 aliphatic rings. The Kier molecular flexibility index (Phi) is 2.98. The Morgan fingerprint density at radius 1 is 1.36 bits per heavy atom. The first-order valence-electron chi connectivity index (χ1n) is 2.72. The van der Waals surface area contributed by atoms with Crippen molar-refractivity contribution < 1.29 is 13.2 Å². The third kappa shape index (κ3) is 3.54. The number of hydrogen-bond acceptors (Lipinski definition) is 2. The van der Waals surface area contributed by atoms with E-state index in [4.69, 9.17) is 10.8 Å². The largest absolute Gasteiger partial charge is 0.417 e. The van der Waals surface area contributed by atoms with Crippen LogP contribution in [0.25, 0.3) is 0 Å². The summed E-state index contributed by atoms with van der Waals surface area (Å²) in [6, 6.07) is 0. The maximum absolute atomic E-state index is 11.8. The lowest BCUT2D eigenvalue weighted by Crippen LogP contribution is -2.13. The van der Waals surface area contributed by atoms with Crippen molar-refractivity contribution >= 4 is 11.9 Å². The topological polar surface area (TPSA) is 47.7 Å². The maximum atomic E-state index is 11.8. The summed E-state index contributed by atoms with van der Waals surface area (Å²) < 4.78 is 35.3. The molecule has 0 amide bonds. The smallest absolute Gasteiger partial charge is 0.308 e. The van der Waals surface area contributed by atoms with Gasteiger partial charge < -0.3 is 10.8 Å². The van der Waals surface area contributed by atoms with Crippen LogP contribution in [-0.2, 0) is 0 Å². The molecule has 0 heterocycles. The molecule has 0 saturated carbocycles. The molecule has 62 valence electrons. The van der Waals surface area contributed by atoms with Gasteiger partial charge in [0.2, 0.25) is 0 Å². The third-order valence-corrected chi connectivity index (χ3v) is 0.855. The van der Waals surface area contributed by atoms with Gasteiger partial charge in [0.25, 0.3) is 0 Å². The average molecular weight is 164 g/mol. The fourth-order valence-electron chi connectivity index (χ4n) is 0.439. The van der Waals surface area contributed by atoms with E-state index in [0.717, 1.165) is 0 Å². The highest BCUT2D eigenvalue weighted by Crippen LogP contribution is 2.23. The quantitative estimate of drug-likeness (QED) is 0.587. The first kappa shape index (κ1) is 9.87. The van der Waals surface area contributed by atoms with Gasteiger partial charge in [0.15, 0.2) is 0 Å². The second kappa shape index (κ2) is 3.32. The van der Waals surface area contributed by atoms with Gasteiger partial charge in [-0.05, 0) is 13.0 Å². The van der Waals surface area contributed by atoms with Crippen molar-refractivity contribution in [2.45, 2.75) is 13.1 Å². The molecule has 2 nitrogen and oxygen atoms in total. The summed E-state index contributed by atoms with van der Waals surface area (Å²) in [4.78, 5) is 0. The van der Waals surface area contributed by atoms with Crippen molar-refractivity contribution in [3.8, 4) is 0 Å². The first-order chi connectivity index (χ1) is 4.88. The molecule has 0 bridgehead atoms. The van der Waals surface area contributed by atoms with Crippen LogP contribution in [0.5, 0.6) is 0 Å². The van der Waals surface area contributed by atoms with E-state index in [1.54, 1.807) is 0 Å². The van der Waals surface area contributed by atoms with Gasteiger partial charge in [-0.3, -0.25) is 0 Å². The number of allylic oxidation sites excluding steroid dienone is 2. The van der Waals surface area contributed by atoms with E-state index in [0.29, 0.717) is 6.08 Å². The zero-order chi connectivity index (χ0) is 9.07. The predicted molar refractivity (Wildman–Crippen MR) is 36.3 cm³/mol. The molecule has 2 N–H and O–H groups in total. The lowest BCUT2D eigenvalue weighted by molar-refractivity contribution is -0.0855. The normalized spacial score (nSPS) is 12.9. The number of alkyl halides is 3. The maximum Gasteiger partial charge on any atom is 0.417 e. The molecule has 0 fully saturated rings. The molecule has 0 unspecified atom stereocenters. The lowest BCUT2D eigenvalue weighted by atomic mass is 10.2. The molecule has 0 aromatic rings. The Bertz CT molecular complexity index is 202. The highest BCUT2D eigenvalue weighted by molar-refractivity contribution is 5.96.